The molecule has 8 heteroatoms. The average Bonchev–Trinajstić information content (AvgIpc) is 2.85. The number of furan rings is 1. The fraction of sp³-hybridized carbons (Fsp3) is 0.647. The maximum Gasteiger partial charge on any atom is 0.408 e. The Labute approximate surface area is 158 Å². The number of nitrogens with one attached hydrogen (secondary N) is 3. The number of alkyl carbamates (subject to hydrolysis) is 1. The highest BCUT2D eigenvalue weighted by molar-refractivity contribution is 9.10. The van der Waals surface area contributed by atoms with Crippen molar-refractivity contribution in [1.29, 1.82) is 0 Å². The molecule has 0 spiro atoms. The van der Waals surface area contributed by atoms with Gasteiger partial charge in [-0.25, -0.2) is 4.79 Å². The van der Waals surface area contributed by atoms with Gasteiger partial charge in [-0.1, -0.05) is 0 Å². The molecule has 0 radical (unpaired) electrons. The summed E-state index contributed by atoms with van der Waals surface area (Å²) in [6.45, 7) is 10.5. The smallest absolute Gasteiger partial charge is 0.408 e. The first-order valence-electron chi connectivity index (χ1n) is 8.21. The number of hydrogen-bond donors (Lipinski definition) is 3. The van der Waals surface area contributed by atoms with Gasteiger partial charge in [0.1, 0.15) is 11.4 Å². The number of halogens is 1. The Hall–Kier alpha value is -1.70. The van der Waals surface area contributed by atoms with Crippen molar-refractivity contribution in [3.05, 3.63) is 22.6 Å². The van der Waals surface area contributed by atoms with E-state index in [4.69, 9.17) is 9.15 Å². The number of carbonyl (C=O) groups is 1. The first-order valence-corrected chi connectivity index (χ1v) is 9.00. The van der Waals surface area contributed by atoms with E-state index < -0.39 is 17.2 Å². The van der Waals surface area contributed by atoms with E-state index in [1.807, 2.05) is 46.8 Å². The molecule has 25 heavy (non-hydrogen) atoms. The second-order valence-electron chi connectivity index (χ2n) is 7.32. The van der Waals surface area contributed by atoms with Crippen LogP contribution in [0.4, 0.5) is 4.79 Å². The van der Waals surface area contributed by atoms with Crippen molar-refractivity contribution in [3.63, 3.8) is 0 Å². The van der Waals surface area contributed by atoms with E-state index in [-0.39, 0.29) is 0 Å². The highest BCUT2D eigenvalue weighted by Gasteiger charge is 2.24. The van der Waals surface area contributed by atoms with Gasteiger partial charge in [-0.2, -0.15) is 0 Å². The summed E-state index contributed by atoms with van der Waals surface area (Å²) in [7, 11) is 1.70. The van der Waals surface area contributed by atoms with Gasteiger partial charge in [0.15, 0.2) is 10.6 Å². The van der Waals surface area contributed by atoms with Crippen molar-refractivity contribution in [2.24, 2.45) is 4.99 Å². The molecule has 0 unspecified atom stereocenters. The summed E-state index contributed by atoms with van der Waals surface area (Å²) in [5.41, 5.74) is -1.02. The van der Waals surface area contributed by atoms with Crippen molar-refractivity contribution in [3.8, 4) is 0 Å². The van der Waals surface area contributed by atoms with Crippen molar-refractivity contribution in [2.75, 3.05) is 20.1 Å². The quantitative estimate of drug-likeness (QED) is 0.489. The minimum Gasteiger partial charge on any atom is -0.454 e. The van der Waals surface area contributed by atoms with Crippen LogP contribution >= 0.6 is 15.9 Å². The topological polar surface area (TPSA) is 87.9 Å². The van der Waals surface area contributed by atoms with Gasteiger partial charge >= 0.3 is 6.09 Å². The molecular formula is C17H29BrN4O3. The Morgan fingerprint density at radius 3 is 2.44 bits per heavy atom. The fourth-order valence-corrected chi connectivity index (χ4v) is 2.28. The van der Waals surface area contributed by atoms with Crippen LogP contribution in [0, 0.1) is 0 Å². The molecular weight excluding hydrogens is 388 g/mol. The third kappa shape index (κ3) is 9.38. The van der Waals surface area contributed by atoms with Gasteiger partial charge in [-0.05, 0) is 62.7 Å². The Morgan fingerprint density at radius 2 is 1.92 bits per heavy atom. The SMILES string of the molecule is CN=C(NCCc1ccc(Br)o1)NCC(C)(C)NC(=O)OC(C)(C)C. The van der Waals surface area contributed by atoms with Crippen molar-refractivity contribution in [1.82, 2.24) is 16.0 Å². The Balaban J connectivity index is 2.38. The second-order valence-corrected chi connectivity index (χ2v) is 8.10. The van der Waals surface area contributed by atoms with Crippen LogP contribution in [0.5, 0.6) is 0 Å². The van der Waals surface area contributed by atoms with Crippen LogP contribution in [0.25, 0.3) is 0 Å². The summed E-state index contributed by atoms with van der Waals surface area (Å²) in [4.78, 5) is 16.1. The van der Waals surface area contributed by atoms with Crippen molar-refractivity contribution >= 4 is 28.0 Å². The molecule has 1 amide bonds. The zero-order valence-electron chi connectivity index (χ0n) is 15.8. The molecule has 0 atom stereocenters. The predicted molar refractivity (Wildman–Crippen MR) is 103 cm³/mol. The first-order chi connectivity index (χ1) is 11.5. The molecule has 1 heterocycles. The highest BCUT2D eigenvalue weighted by Crippen LogP contribution is 2.14. The number of guanidine groups is 1. The van der Waals surface area contributed by atoms with E-state index in [1.54, 1.807) is 7.05 Å². The van der Waals surface area contributed by atoms with Crippen LogP contribution in [-0.4, -0.2) is 43.3 Å². The average molecular weight is 417 g/mol. The molecule has 0 aromatic carbocycles. The molecule has 7 nitrogen and oxygen atoms in total. The zero-order valence-corrected chi connectivity index (χ0v) is 17.4. The minimum atomic E-state index is -0.522. The van der Waals surface area contributed by atoms with Gasteiger partial charge in [0.2, 0.25) is 0 Å². The van der Waals surface area contributed by atoms with E-state index in [1.165, 1.54) is 0 Å². The molecule has 0 saturated carbocycles. The third-order valence-corrected chi connectivity index (χ3v) is 3.48. The monoisotopic (exact) mass is 416 g/mol. The van der Waals surface area contributed by atoms with E-state index in [9.17, 15) is 4.79 Å². The van der Waals surface area contributed by atoms with Gasteiger partial charge in [-0.3, -0.25) is 4.99 Å². The van der Waals surface area contributed by atoms with E-state index >= 15 is 0 Å². The van der Waals surface area contributed by atoms with Crippen LogP contribution in [0.3, 0.4) is 0 Å². The normalized spacial score (nSPS) is 12.7. The molecule has 0 fully saturated rings. The largest absolute Gasteiger partial charge is 0.454 e. The van der Waals surface area contributed by atoms with Crippen LogP contribution in [-0.2, 0) is 11.2 Å². The molecule has 0 bridgehead atoms. The van der Waals surface area contributed by atoms with Crippen LogP contribution < -0.4 is 16.0 Å². The Bertz CT molecular complexity index is 591. The van der Waals surface area contributed by atoms with E-state index in [0.717, 1.165) is 16.9 Å². The second kappa shape index (κ2) is 9.12. The summed E-state index contributed by atoms with van der Waals surface area (Å²) >= 11 is 3.28. The molecule has 0 aliphatic carbocycles. The lowest BCUT2D eigenvalue weighted by Crippen LogP contribution is -2.54. The lowest BCUT2D eigenvalue weighted by atomic mass is 10.1. The lowest BCUT2D eigenvalue weighted by molar-refractivity contribution is 0.0474. The molecule has 1 aromatic heterocycles. The summed E-state index contributed by atoms with van der Waals surface area (Å²) in [5.74, 6) is 1.55. The van der Waals surface area contributed by atoms with Crippen LogP contribution in [0.15, 0.2) is 26.2 Å². The number of hydrogen-bond acceptors (Lipinski definition) is 4. The third-order valence-electron chi connectivity index (χ3n) is 3.05. The maximum absolute atomic E-state index is 11.9. The van der Waals surface area contributed by atoms with Crippen LogP contribution in [0.2, 0.25) is 0 Å². The Kier molecular flexibility index (Phi) is 7.79. The summed E-state index contributed by atoms with van der Waals surface area (Å²) in [5, 5.41) is 9.26. The standard InChI is InChI=1S/C17H29BrN4O3/c1-16(2,3)25-15(23)22-17(4,5)11-21-14(19-6)20-10-9-12-7-8-13(18)24-12/h7-8H,9-11H2,1-6H3,(H,22,23)(H2,19,20,21). The molecule has 3 N–H and O–H groups in total. The van der Waals surface area contributed by atoms with E-state index in [2.05, 4.69) is 36.9 Å². The van der Waals surface area contributed by atoms with Crippen molar-refractivity contribution in [2.45, 2.75) is 52.2 Å². The van der Waals surface area contributed by atoms with Crippen molar-refractivity contribution < 1.29 is 13.9 Å². The first kappa shape index (κ1) is 21.3. The highest BCUT2D eigenvalue weighted by atomic mass is 79.9. The fourth-order valence-electron chi connectivity index (χ4n) is 1.94. The number of rotatable bonds is 6. The Morgan fingerprint density at radius 1 is 1.24 bits per heavy atom. The molecule has 0 saturated heterocycles. The lowest BCUT2D eigenvalue weighted by Gasteiger charge is -2.29. The summed E-state index contributed by atoms with van der Waals surface area (Å²) in [6.07, 6.45) is 0.303. The molecule has 0 aliphatic rings. The molecule has 142 valence electrons. The van der Waals surface area contributed by atoms with Gasteiger partial charge in [0, 0.05) is 26.6 Å². The number of nitrogens with zero attached hydrogens (tertiary/aromatic N) is 1. The molecule has 1 rings (SSSR count). The van der Waals surface area contributed by atoms with Gasteiger partial charge in [0.05, 0.1) is 5.54 Å². The number of carbonyl (C=O) groups excluding carboxylic acids is 1. The zero-order chi connectivity index (χ0) is 19.1. The summed E-state index contributed by atoms with van der Waals surface area (Å²) in [6, 6.07) is 3.79. The van der Waals surface area contributed by atoms with Gasteiger partial charge in [-0.15, -0.1) is 0 Å². The van der Waals surface area contributed by atoms with Gasteiger partial charge in [0.25, 0.3) is 0 Å². The number of ether oxygens (including phenoxy) is 1. The summed E-state index contributed by atoms with van der Waals surface area (Å²) < 4.78 is 11.5. The molecule has 0 aliphatic heterocycles. The van der Waals surface area contributed by atoms with Gasteiger partial charge < -0.3 is 25.1 Å². The minimum absolute atomic E-state index is 0.439. The molecule has 1 aromatic rings. The number of aliphatic imine (C=N–C) groups is 1. The predicted octanol–water partition coefficient (Wildman–Crippen LogP) is 3.05. The van der Waals surface area contributed by atoms with E-state index in [0.29, 0.717) is 19.0 Å². The number of amides is 1. The maximum atomic E-state index is 11.9. The van der Waals surface area contributed by atoms with Crippen LogP contribution in [0.1, 0.15) is 40.4 Å².